The van der Waals surface area contributed by atoms with E-state index in [4.69, 9.17) is 9.47 Å². The lowest BCUT2D eigenvalue weighted by molar-refractivity contribution is -0.137. The molecule has 0 amide bonds. The molecule has 3 rings (SSSR count). The molecule has 1 aliphatic rings. The Morgan fingerprint density at radius 3 is 1.33 bits per heavy atom. The van der Waals surface area contributed by atoms with E-state index < -0.39 is 0 Å². The van der Waals surface area contributed by atoms with E-state index in [1.807, 2.05) is 0 Å². The minimum atomic E-state index is 0.0521. The molecule has 24 heavy (non-hydrogen) atoms. The third-order valence-electron chi connectivity index (χ3n) is 4.68. The Hall–Kier alpha value is -1.64. The SMILES string of the molecule is CCCc1ccc(C2COC(c3ccc(CCC)cc3)CO2)cc1. The van der Waals surface area contributed by atoms with Crippen molar-refractivity contribution in [2.75, 3.05) is 13.2 Å². The highest BCUT2D eigenvalue weighted by molar-refractivity contribution is 5.26. The van der Waals surface area contributed by atoms with Crippen LogP contribution in [-0.4, -0.2) is 13.2 Å². The van der Waals surface area contributed by atoms with Gasteiger partial charge in [0.1, 0.15) is 12.2 Å². The standard InChI is InChI=1S/C22H28O2/c1-3-5-17-7-11-19(12-8-17)21-15-24-22(16-23-21)20-13-9-18(6-4-2)10-14-20/h7-14,21-22H,3-6,15-16H2,1-2H3. The maximum atomic E-state index is 6.08. The van der Waals surface area contributed by atoms with Crippen LogP contribution in [0.4, 0.5) is 0 Å². The molecule has 1 saturated heterocycles. The molecule has 0 saturated carbocycles. The monoisotopic (exact) mass is 324 g/mol. The third-order valence-corrected chi connectivity index (χ3v) is 4.68. The van der Waals surface area contributed by atoms with Gasteiger partial charge < -0.3 is 9.47 Å². The predicted molar refractivity (Wildman–Crippen MR) is 98.3 cm³/mol. The van der Waals surface area contributed by atoms with Crippen molar-refractivity contribution in [3.05, 3.63) is 70.8 Å². The van der Waals surface area contributed by atoms with Crippen LogP contribution in [0.1, 0.15) is 61.2 Å². The van der Waals surface area contributed by atoms with Crippen molar-refractivity contribution in [2.24, 2.45) is 0 Å². The summed E-state index contributed by atoms with van der Waals surface area (Å²) in [6, 6.07) is 17.6. The summed E-state index contributed by atoms with van der Waals surface area (Å²) in [5.74, 6) is 0. The maximum absolute atomic E-state index is 6.08. The fourth-order valence-corrected chi connectivity index (χ4v) is 3.26. The van der Waals surface area contributed by atoms with E-state index in [1.54, 1.807) is 0 Å². The van der Waals surface area contributed by atoms with Crippen LogP contribution in [0.15, 0.2) is 48.5 Å². The third kappa shape index (κ3) is 4.25. The molecular weight excluding hydrogens is 296 g/mol. The average molecular weight is 324 g/mol. The first kappa shape index (κ1) is 17.2. The number of aryl methyl sites for hydroxylation is 2. The average Bonchev–Trinajstić information content (AvgIpc) is 2.64. The molecule has 0 aromatic heterocycles. The normalized spacial score (nSPS) is 20.9. The first-order valence-electron chi connectivity index (χ1n) is 9.21. The molecular formula is C22H28O2. The van der Waals surface area contributed by atoms with Crippen molar-refractivity contribution in [1.82, 2.24) is 0 Å². The molecule has 128 valence electrons. The van der Waals surface area contributed by atoms with Gasteiger partial charge in [0.15, 0.2) is 0 Å². The van der Waals surface area contributed by atoms with E-state index in [-0.39, 0.29) is 12.2 Å². The van der Waals surface area contributed by atoms with Crippen LogP contribution in [0.2, 0.25) is 0 Å². The maximum Gasteiger partial charge on any atom is 0.106 e. The van der Waals surface area contributed by atoms with E-state index in [0.717, 1.165) is 12.8 Å². The molecule has 2 unspecified atom stereocenters. The minimum Gasteiger partial charge on any atom is -0.368 e. The van der Waals surface area contributed by atoms with Crippen molar-refractivity contribution in [1.29, 1.82) is 0 Å². The fourth-order valence-electron chi connectivity index (χ4n) is 3.26. The Morgan fingerprint density at radius 1 is 0.667 bits per heavy atom. The summed E-state index contributed by atoms with van der Waals surface area (Å²) in [5, 5.41) is 0. The van der Waals surface area contributed by atoms with Gasteiger partial charge in [-0.2, -0.15) is 0 Å². The van der Waals surface area contributed by atoms with Crippen LogP contribution in [-0.2, 0) is 22.3 Å². The van der Waals surface area contributed by atoms with Gasteiger partial charge in [-0.3, -0.25) is 0 Å². The van der Waals surface area contributed by atoms with Crippen molar-refractivity contribution in [3.8, 4) is 0 Å². The van der Waals surface area contributed by atoms with Crippen molar-refractivity contribution < 1.29 is 9.47 Å². The highest BCUT2D eigenvalue weighted by Crippen LogP contribution is 2.30. The zero-order chi connectivity index (χ0) is 16.8. The smallest absolute Gasteiger partial charge is 0.106 e. The second-order valence-electron chi connectivity index (χ2n) is 6.63. The van der Waals surface area contributed by atoms with Crippen molar-refractivity contribution in [3.63, 3.8) is 0 Å². The zero-order valence-electron chi connectivity index (χ0n) is 14.8. The van der Waals surface area contributed by atoms with Gasteiger partial charge in [-0.1, -0.05) is 75.2 Å². The van der Waals surface area contributed by atoms with Gasteiger partial charge >= 0.3 is 0 Å². The molecule has 2 nitrogen and oxygen atoms in total. The molecule has 2 heteroatoms. The van der Waals surface area contributed by atoms with Gasteiger partial charge in [0.25, 0.3) is 0 Å². The van der Waals surface area contributed by atoms with Gasteiger partial charge in [0, 0.05) is 0 Å². The van der Waals surface area contributed by atoms with E-state index in [1.165, 1.54) is 35.1 Å². The Balaban J connectivity index is 1.56. The van der Waals surface area contributed by atoms with Gasteiger partial charge in [-0.05, 0) is 35.1 Å². The molecule has 0 N–H and O–H groups in total. The molecule has 0 aliphatic carbocycles. The van der Waals surface area contributed by atoms with E-state index in [2.05, 4.69) is 62.4 Å². The summed E-state index contributed by atoms with van der Waals surface area (Å²) < 4.78 is 12.2. The molecule has 1 aliphatic heterocycles. The topological polar surface area (TPSA) is 18.5 Å². The number of hydrogen-bond donors (Lipinski definition) is 0. The summed E-state index contributed by atoms with van der Waals surface area (Å²) >= 11 is 0. The molecule has 1 heterocycles. The molecule has 0 bridgehead atoms. The molecule has 2 aromatic carbocycles. The predicted octanol–water partition coefficient (Wildman–Crippen LogP) is 5.42. The largest absolute Gasteiger partial charge is 0.368 e. The second-order valence-corrected chi connectivity index (χ2v) is 6.63. The lowest BCUT2D eigenvalue weighted by Crippen LogP contribution is -2.25. The second kappa shape index (κ2) is 8.46. The van der Waals surface area contributed by atoms with Crippen LogP contribution < -0.4 is 0 Å². The van der Waals surface area contributed by atoms with Gasteiger partial charge in [0.2, 0.25) is 0 Å². The Labute approximate surface area is 145 Å². The van der Waals surface area contributed by atoms with Crippen LogP contribution in [0.25, 0.3) is 0 Å². The van der Waals surface area contributed by atoms with Crippen molar-refractivity contribution in [2.45, 2.75) is 51.7 Å². The summed E-state index contributed by atoms with van der Waals surface area (Å²) in [4.78, 5) is 0. The Bertz CT molecular complexity index is 550. The highest BCUT2D eigenvalue weighted by atomic mass is 16.6. The Morgan fingerprint density at radius 2 is 1.04 bits per heavy atom. The molecule has 2 aromatic rings. The summed E-state index contributed by atoms with van der Waals surface area (Å²) in [5.41, 5.74) is 5.21. The lowest BCUT2D eigenvalue weighted by atomic mass is 10.0. The van der Waals surface area contributed by atoms with Crippen LogP contribution in [0.3, 0.4) is 0 Å². The van der Waals surface area contributed by atoms with Crippen molar-refractivity contribution >= 4 is 0 Å². The summed E-state index contributed by atoms with van der Waals surface area (Å²) in [6.07, 6.45) is 4.74. The van der Waals surface area contributed by atoms with Gasteiger partial charge in [-0.15, -0.1) is 0 Å². The minimum absolute atomic E-state index is 0.0521. The number of hydrogen-bond acceptors (Lipinski definition) is 2. The molecule has 1 fully saturated rings. The lowest BCUT2D eigenvalue weighted by Gasteiger charge is -2.30. The summed E-state index contributed by atoms with van der Waals surface area (Å²) in [6.45, 7) is 5.66. The molecule has 0 radical (unpaired) electrons. The fraction of sp³-hybridized carbons (Fsp3) is 0.455. The Kier molecular flexibility index (Phi) is 6.06. The first-order chi connectivity index (χ1) is 11.8. The zero-order valence-corrected chi connectivity index (χ0v) is 14.8. The van der Waals surface area contributed by atoms with Crippen LogP contribution >= 0.6 is 0 Å². The highest BCUT2D eigenvalue weighted by Gasteiger charge is 2.24. The van der Waals surface area contributed by atoms with Crippen LogP contribution in [0, 0.1) is 0 Å². The molecule has 0 spiro atoms. The quantitative estimate of drug-likeness (QED) is 0.706. The number of benzene rings is 2. The van der Waals surface area contributed by atoms with E-state index in [0.29, 0.717) is 13.2 Å². The van der Waals surface area contributed by atoms with Gasteiger partial charge in [0.05, 0.1) is 13.2 Å². The number of ether oxygens (including phenoxy) is 2. The van der Waals surface area contributed by atoms with E-state index >= 15 is 0 Å². The van der Waals surface area contributed by atoms with E-state index in [9.17, 15) is 0 Å². The summed E-state index contributed by atoms with van der Waals surface area (Å²) in [7, 11) is 0. The molecule has 2 atom stereocenters. The van der Waals surface area contributed by atoms with Gasteiger partial charge in [-0.25, -0.2) is 0 Å². The first-order valence-corrected chi connectivity index (χ1v) is 9.21. The number of rotatable bonds is 6. The van der Waals surface area contributed by atoms with Crippen LogP contribution in [0.5, 0.6) is 0 Å².